The fourth-order valence-electron chi connectivity index (χ4n) is 1.15. The number of carboxylic acid groups (broad SMARTS) is 1. The second-order valence-electron chi connectivity index (χ2n) is 2.97. The highest BCUT2D eigenvalue weighted by Crippen LogP contribution is 2.20. The molecule has 0 spiro atoms. The van der Waals surface area contributed by atoms with Crippen LogP contribution in [0.2, 0.25) is 0 Å². The molecule has 0 radical (unpaired) electrons. The molecule has 80 valence electrons. The van der Waals surface area contributed by atoms with Gasteiger partial charge in [-0.05, 0) is 22.0 Å². The first-order valence-corrected chi connectivity index (χ1v) is 5.89. The van der Waals surface area contributed by atoms with Crippen molar-refractivity contribution < 1.29 is 9.90 Å². The minimum atomic E-state index is -0.860. The molecule has 0 saturated heterocycles. The Balaban J connectivity index is 2.58. The van der Waals surface area contributed by atoms with E-state index in [0.29, 0.717) is 13.1 Å². The van der Waals surface area contributed by atoms with Gasteiger partial charge in [0, 0.05) is 21.3 Å². The molecule has 0 atom stereocenters. The van der Waals surface area contributed by atoms with Crippen molar-refractivity contribution in [2.45, 2.75) is 6.54 Å². The van der Waals surface area contributed by atoms with Gasteiger partial charge < -0.3 is 5.11 Å². The molecule has 0 aliphatic heterocycles. The average molecular weight is 288 g/mol. The monoisotopic (exact) mass is 287 g/mol. The van der Waals surface area contributed by atoms with Crippen molar-refractivity contribution in [2.24, 2.45) is 0 Å². The lowest BCUT2D eigenvalue weighted by Crippen LogP contribution is -2.29. The second kappa shape index (κ2) is 5.91. The molecular weight excluding hydrogens is 278 g/mol. The van der Waals surface area contributed by atoms with Gasteiger partial charge in [-0.1, -0.05) is 5.92 Å². The first-order chi connectivity index (χ1) is 7.11. The number of aliphatic carboxylic acids is 1. The van der Waals surface area contributed by atoms with Gasteiger partial charge in [-0.2, -0.15) is 0 Å². The molecule has 1 rings (SSSR count). The number of halogens is 1. The Kier molecular flexibility index (Phi) is 4.82. The van der Waals surface area contributed by atoms with Gasteiger partial charge in [0.2, 0.25) is 0 Å². The number of thiophene rings is 1. The van der Waals surface area contributed by atoms with Gasteiger partial charge in [-0.3, -0.25) is 9.69 Å². The fourth-order valence-corrected chi connectivity index (χ4v) is 2.64. The maximum atomic E-state index is 10.6. The summed E-state index contributed by atoms with van der Waals surface area (Å²) in [5.74, 6) is 1.60. The van der Waals surface area contributed by atoms with Crippen LogP contribution in [0.25, 0.3) is 0 Å². The molecule has 0 unspecified atom stereocenters. The van der Waals surface area contributed by atoms with Crippen LogP contribution in [0.4, 0.5) is 0 Å². The maximum Gasteiger partial charge on any atom is 0.317 e. The van der Waals surface area contributed by atoms with E-state index in [1.165, 1.54) is 0 Å². The molecule has 5 heteroatoms. The number of rotatable bonds is 5. The molecule has 0 aromatic carbocycles. The highest BCUT2D eigenvalue weighted by Gasteiger charge is 2.10. The first-order valence-electron chi connectivity index (χ1n) is 4.22. The summed E-state index contributed by atoms with van der Waals surface area (Å²) in [6, 6.07) is 1.97. The minimum absolute atomic E-state index is 0.0281. The fraction of sp³-hybridized carbons (Fsp3) is 0.300. The Labute approximate surface area is 101 Å². The van der Waals surface area contributed by atoms with Crippen LogP contribution in [0.15, 0.2) is 15.9 Å². The largest absolute Gasteiger partial charge is 0.480 e. The van der Waals surface area contributed by atoms with Crippen LogP contribution in [0.5, 0.6) is 0 Å². The van der Waals surface area contributed by atoms with Crippen LogP contribution in [0, 0.1) is 12.3 Å². The van der Waals surface area contributed by atoms with Crippen molar-refractivity contribution in [3.05, 3.63) is 20.8 Å². The van der Waals surface area contributed by atoms with E-state index in [-0.39, 0.29) is 6.54 Å². The van der Waals surface area contributed by atoms with E-state index in [1.807, 2.05) is 11.4 Å². The van der Waals surface area contributed by atoms with Crippen molar-refractivity contribution in [2.75, 3.05) is 13.1 Å². The molecule has 1 aromatic heterocycles. The highest BCUT2D eigenvalue weighted by molar-refractivity contribution is 9.10. The van der Waals surface area contributed by atoms with Crippen LogP contribution in [-0.2, 0) is 11.3 Å². The van der Waals surface area contributed by atoms with Gasteiger partial charge in [0.1, 0.15) is 0 Å². The summed E-state index contributed by atoms with van der Waals surface area (Å²) in [6.45, 7) is 0.897. The normalized spacial score (nSPS) is 10.2. The van der Waals surface area contributed by atoms with E-state index in [1.54, 1.807) is 16.2 Å². The Morgan fingerprint density at radius 3 is 2.93 bits per heavy atom. The van der Waals surface area contributed by atoms with E-state index in [9.17, 15) is 4.79 Å². The molecule has 0 amide bonds. The summed E-state index contributed by atoms with van der Waals surface area (Å²) in [4.78, 5) is 13.4. The third-order valence-electron chi connectivity index (χ3n) is 1.67. The molecule has 1 N–H and O–H groups in total. The Bertz CT molecular complexity index is 383. The van der Waals surface area contributed by atoms with Crippen LogP contribution < -0.4 is 0 Å². The predicted molar refractivity (Wildman–Crippen MR) is 63.8 cm³/mol. The van der Waals surface area contributed by atoms with Gasteiger partial charge in [-0.15, -0.1) is 17.8 Å². The lowest BCUT2D eigenvalue weighted by molar-refractivity contribution is -0.138. The lowest BCUT2D eigenvalue weighted by atomic mass is 10.4. The lowest BCUT2D eigenvalue weighted by Gasteiger charge is -2.15. The van der Waals surface area contributed by atoms with E-state index >= 15 is 0 Å². The van der Waals surface area contributed by atoms with Gasteiger partial charge in [0.05, 0.1) is 13.1 Å². The standard InChI is InChI=1S/C10H10BrNO2S/c1-2-3-12(6-10(13)14)5-9-4-8(11)7-15-9/h1,4,7H,3,5-6H2,(H,13,14). The maximum absolute atomic E-state index is 10.6. The van der Waals surface area contributed by atoms with Gasteiger partial charge >= 0.3 is 5.97 Å². The predicted octanol–water partition coefficient (Wildman–Crippen LogP) is 2.03. The van der Waals surface area contributed by atoms with Crippen molar-refractivity contribution in [1.82, 2.24) is 4.90 Å². The van der Waals surface area contributed by atoms with E-state index in [2.05, 4.69) is 21.9 Å². The molecule has 3 nitrogen and oxygen atoms in total. The van der Waals surface area contributed by atoms with Crippen molar-refractivity contribution in [3.8, 4) is 12.3 Å². The van der Waals surface area contributed by atoms with E-state index < -0.39 is 5.97 Å². The molecule has 0 aliphatic carbocycles. The van der Waals surface area contributed by atoms with E-state index in [4.69, 9.17) is 11.5 Å². The Morgan fingerprint density at radius 2 is 2.47 bits per heavy atom. The van der Waals surface area contributed by atoms with Gasteiger partial charge in [-0.25, -0.2) is 0 Å². The van der Waals surface area contributed by atoms with Gasteiger partial charge in [0.15, 0.2) is 0 Å². The topological polar surface area (TPSA) is 40.5 Å². The van der Waals surface area contributed by atoms with Crippen molar-refractivity contribution >= 4 is 33.2 Å². The number of hydrogen-bond donors (Lipinski definition) is 1. The van der Waals surface area contributed by atoms with E-state index in [0.717, 1.165) is 9.35 Å². The van der Waals surface area contributed by atoms with Crippen LogP contribution in [-0.4, -0.2) is 29.1 Å². The summed E-state index contributed by atoms with van der Waals surface area (Å²) in [5, 5.41) is 10.6. The quantitative estimate of drug-likeness (QED) is 0.843. The number of carboxylic acids is 1. The molecule has 1 heterocycles. The van der Waals surface area contributed by atoms with Crippen LogP contribution >= 0.6 is 27.3 Å². The van der Waals surface area contributed by atoms with Gasteiger partial charge in [0.25, 0.3) is 0 Å². The average Bonchev–Trinajstić information content (AvgIpc) is 2.50. The number of hydrogen-bond acceptors (Lipinski definition) is 3. The van der Waals surface area contributed by atoms with Crippen LogP contribution in [0.3, 0.4) is 0 Å². The third-order valence-corrected chi connectivity index (χ3v) is 3.36. The minimum Gasteiger partial charge on any atom is -0.480 e. The molecule has 0 bridgehead atoms. The zero-order valence-electron chi connectivity index (χ0n) is 7.94. The Morgan fingerprint density at radius 1 is 1.73 bits per heavy atom. The zero-order valence-corrected chi connectivity index (χ0v) is 10.3. The number of terminal acetylenes is 1. The molecular formula is C10H10BrNO2S. The zero-order chi connectivity index (χ0) is 11.3. The summed E-state index contributed by atoms with van der Waals surface area (Å²) in [7, 11) is 0. The smallest absolute Gasteiger partial charge is 0.317 e. The summed E-state index contributed by atoms with van der Waals surface area (Å²) < 4.78 is 1.01. The number of nitrogens with zero attached hydrogens (tertiary/aromatic N) is 1. The second-order valence-corrected chi connectivity index (χ2v) is 4.89. The SMILES string of the molecule is C#CCN(CC(=O)O)Cc1cc(Br)cs1. The highest BCUT2D eigenvalue weighted by atomic mass is 79.9. The summed E-state index contributed by atoms with van der Waals surface area (Å²) in [5.41, 5.74) is 0. The molecule has 1 aromatic rings. The molecule has 15 heavy (non-hydrogen) atoms. The molecule has 0 fully saturated rings. The summed E-state index contributed by atoms with van der Waals surface area (Å²) in [6.07, 6.45) is 5.17. The van der Waals surface area contributed by atoms with Crippen molar-refractivity contribution in [1.29, 1.82) is 0 Å². The van der Waals surface area contributed by atoms with Crippen LogP contribution in [0.1, 0.15) is 4.88 Å². The molecule has 0 aliphatic rings. The first kappa shape index (κ1) is 12.2. The third kappa shape index (κ3) is 4.47. The van der Waals surface area contributed by atoms with Crippen molar-refractivity contribution in [3.63, 3.8) is 0 Å². The summed E-state index contributed by atoms with van der Waals surface area (Å²) >= 11 is 4.93. The number of carbonyl (C=O) groups is 1. The molecule has 0 saturated carbocycles. The Hall–Kier alpha value is -0.830.